The second-order valence-electron chi connectivity index (χ2n) is 17.7. The van der Waals surface area contributed by atoms with Crippen molar-refractivity contribution in [2.24, 2.45) is 0 Å². The van der Waals surface area contributed by atoms with Gasteiger partial charge in [-0.25, -0.2) is 9.97 Å². The van der Waals surface area contributed by atoms with E-state index in [1.54, 1.807) is 0 Å². The molecule has 14 aromatic rings. The average Bonchev–Trinajstić information content (AvgIpc) is 4.00. The van der Waals surface area contributed by atoms with Gasteiger partial charge in [-0.2, -0.15) is 0 Å². The van der Waals surface area contributed by atoms with E-state index in [0.29, 0.717) is 5.95 Å². The molecule has 15 rings (SSSR count). The molecule has 0 N–H and O–H groups in total. The Morgan fingerprint density at radius 2 is 1.18 bits per heavy atom. The Kier molecular flexibility index (Phi) is 6.10. The second kappa shape index (κ2) is 11.4. The van der Waals surface area contributed by atoms with E-state index in [1.807, 2.05) is 11.3 Å². The lowest BCUT2D eigenvalue weighted by Crippen LogP contribution is -2.15. The number of hydrogen-bond donors (Lipinski definition) is 0. The summed E-state index contributed by atoms with van der Waals surface area (Å²) in [6, 6.07) is 62.9. The summed E-state index contributed by atoms with van der Waals surface area (Å²) in [5.41, 5.74) is 14.0. The molecule has 0 aliphatic heterocycles. The fraction of sp³-hybridized carbons (Fsp3) is 0.0526. The van der Waals surface area contributed by atoms with Gasteiger partial charge < -0.3 is 4.40 Å². The molecule has 0 unspecified atom stereocenters. The average molecular weight is 807 g/mol. The van der Waals surface area contributed by atoms with Crippen LogP contribution in [0, 0.1) is 0 Å². The van der Waals surface area contributed by atoms with E-state index in [9.17, 15) is 0 Å². The molecule has 0 amide bonds. The second-order valence-corrected chi connectivity index (χ2v) is 18.7. The van der Waals surface area contributed by atoms with E-state index in [1.165, 1.54) is 91.3 Å². The van der Waals surface area contributed by atoms with E-state index in [2.05, 4.69) is 193 Å². The van der Waals surface area contributed by atoms with Gasteiger partial charge in [0.05, 0.1) is 38.8 Å². The lowest BCUT2D eigenvalue weighted by molar-refractivity contribution is 0.660. The number of para-hydroxylation sites is 2. The van der Waals surface area contributed by atoms with Crippen molar-refractivity contribution < 1.29 is 0 Å². The maximum atomic E-state index is 5.74. The van der Waals surface area contributed by atoms with Crippen molar-refractivity contribution in [2.75, 3.05) is 0 Å². The largest absolute Gasteiger partial charge is 0.308 e. The Labute approximate surface area is 358 Å². The van der Waals surface area contributed by atoms with Crippen molar-refractivity contribution in [3.05, 3.63) is 181 Å². The minimum absolute atomic E-state index is 0.145. The summed E-state index contributed by atoms with van der Waals surface area (Å²) in [6.45, 7) is 4.70. The molecule has 5 aromatic heterocycles. The third-order valence-electron chi connectivity index (χ3n) is 14.2. The van der Waals surface area contributed by atoms with Crippen LogP contribution in [0.3, 0.4) is 0 Å². The fourth-order valence-corrected chi connectivity index (χ4v) is 12.7. The van der Waals surface area contributed by atoms with Crippen LogP contribution in [0.4, 0.5) is 0 Å². The van der Waals surface area contributed by atoms with Gasteiger partial charge in [-0.1, -0.05) is 141 Å². The number of aromatic nitrogens is 4. The standard InChI is InChI=1S/C57H34N4S/c1-57(2)41-20-8-5-15-34(41)35-27-26-32(29-42(35)57)53-40-28-25-31-13-3-4-14-33(31)54(40)59-56(58-53)61-45-23-12-22-44-51(45)52-46(61)30-48-49(38-17-7-10-24-47(38)62-48)50(52)39-19-11-18-37-36-16-6-9-21-43(36)60(44)55(37)39/h3-30H,1-2H3. The lowest BCUT2D eigenvalue weighted by atomic mass is 9.82. The van der Waals surface area contributed by atoms with Gasteiger partial charge in [-0.3, -0.25) is 4.57 Å². The number of rotatable bonds is 2. The summed E-state index contributed by atoms with van der Waals surface area (Å²) in [5.74, 6) is 0.673. The van der Waals surface area contributed by atoms with Gasteiger partial charge in [0.1, 0.15) is 0 Å². The van der Waals surface area contributed by atoms with Crippen molar-refractivity contribution in [1.82, 2.24) is 18.9 Å². The molecule has 5 heteroatoms. The molecule has 4 nitrogen and oxygen atoms in total. The zero-order valence-electron chi connectivity index (χ0n) is 33.9. The minimum Gasteiger partial charge on any atom is -0.308 e. The Morgan fingerprint density at radius 1 is 0.452 bits per heavy atom. The summed E-state index contributed by atoms with van der Waals surface area (Å²) in [7, 11) is 0. The van der Waals surface area contributed by atoms with Gasteiger partial charge in [0.2, 0.25) is 5.95 Å². The number of fused-ring (bicyclic) bond motifs is 15. The summed E-state index contributed by atoms with van der Waals surface area (Å²) >= 11 is 1.87. The van der Waals surface area contributed by atoms with Crippen LogP contribution in [-0.2, 0) is 5.41 Å². The highest BCUT2D eigenvalue weighted by Crippen LogP contribution is 2.52. The molecule has 62 heavy (non-hydrogen) atoms. The highest BCUT2D eigenvalue weighted by Gasteiger charge is 2.36. The summed E-state index contributed by atoms with van der Waals surface area (Å²) in [6.07, 6.45) is 0. The van der Waals surface area contributed by atoms with Crippen molar-refractivity contribution in [2.45, 2.75) is 19.3 Å². The Balaban J connectivity index is 1.14. The predicted octanol–water partition coefficient (Wildman–Crippen LogP) is 15.4. The van der Waals surface area contributed by atoms with Gasteiger partial charge in [0.25, 0.3) is 0 Å². The molecule has 1 aliphatic rings. The van der Waals surface area contributed by atoms with Crippen LogP contribution in [0.15, 0.2) is 170 Å². The van der Waals surface area contributed by atoms with Crippen LogP contribution >= 0.6 is 11.3 Å². The molecule has 1 aliphatic carbocycles. The first-order chi connectivity index (χ1) is 30.5. The van der Waals surface area contributed by atoms with E-state index in [-0.39, 0.29) is 5.41 Å². The smallest absolute Gasteiger partial charge is 0.235 e. The topological polar surface area (TPSA) is 35.1 Å². The van der Waals surface area contributed by atoms with E-state index in [4.69, 9.17) is 9.97 Å². The van der Waals surface area contributed by atoms with Crippen LogP contribution < -0.4 is 0 Å². The third-order valence-corrected chi connectivity index (χ3v) is 15.4. The zero-order valence-corrected chi connectivity index (χ0v) is 34.7. The molecule has 288 valence electrons. The number of thiophene rings is 1. The predicted molar refractivity (Wildman–Crippen MR) is 262 cm³/mol. The van der Waals surface area contributed by atoms with Crippen LogP contribution in [-0.4, -0.2) is 18.9 Å². The van der Waals surface area contributed by atoms with Gasteiger partial charge >= 0.3 is 0 Å². The van der Waals surface area contributed by atoms with Gasteiger partial charge in [0.15, 0.2) is 0 Å². The van der Waals surface area contributed by atoms with Crippen molar-refractivity contribution >= 4 is 113 Å². The number of nitrogens with zero attached hydrogens (tertiary/aromatic N) is 4. The number of hydrogen-bond acceptors (Lipinski definition) is 3. The van der Waals surface area contributed by atoms with Crippen LogP contribution in [0.2, 0.25) is 0 Å². The molecule has 0 saturated carbocycles. The van der Waals surface area contributed by atoms with Crippen LogP contribution in [0.1, 0.15) is 25.0 Å². The fourth-order valence-electron chi connectivity index (χ4n) is 11.6. The molecular weight excluding hydrogens is 773 g/mol. The normalized spacial score (nSPS) is 13.8. The monoisotopic (exact) mass is 806 g/mol. The van der Waals surface area contributed by atoms with Crippen molar-refractivity contribution in [3.8, 4) is 28.3 Å². The highest BCUT2D eigenvalue weighted by atomic mass is 32.1. The Hall–Kier alpha value is -7.60. The molecule has 0 atom stereocenters. The molecule has 5 heterocycles. The summed E-state index contributed by atoms with van der Waals surface area (Å²) in [4.78, 5) is 11.4. The molecule has 0 saturated heterocycles. The first-order valence-corrected chi connectivity index (χ1v) is 22.2. The Morgan fingerprint density at radius 3 is 2.11 bits per heavy atom. The quantitative estimate of drug-likeness (QED) is 0.163. The van der Waals surface area contributed by atoms with Crippen molar-refractivity contribution in [1.29, 1.82) is 0 Å². The van der Waals surface area contributed by atoms with E-state index >= 15 is 0 Å². The van der Waals surface area contributed by atoms with Crippen molar-refractivity contribution in [3.63, 3.8) is 0 Å². The molecule has 0 spiro atoms. The third kappa shape index (κ3) is 3.98. The molecule has 0 fully saturated rings. The maximum absolute atomic E-state index is 5.74. The summed E-state index contributed by atoms with van der Waals surface area (Å²) < 4.78 is 7.44. The van der Waals surface area contributed by atoms with Gasteiger partial charge in [-0.15, -0.1) is 11.3 Å². The Bertz CT molecular complexity index is 4310. The minimum atomic E-state index is -0.145. The SMILES string of the molecule is CC1(C)c2ccccc2-c2ccc(-c3nc(-n4c5cc6sc7ccccc7c6c6c7cccc8c9ccccc9n(c9cccc4c9c65)c87)nc4c3ccc3ccccc34)cc21. The first-order valence-electron chi connectivity index (χ1n) is 21.4. The van der Waals surface area contributed by atoms with Crippen LogP contribution in [0.25, 0.3) is 130 Å². The zero-order chi connectivity index (χ0) is 40.6. The maximum Gasteiger partial charge on any atom is 0.235 e. The molecule has 0 bridgehead atoms. The highest BCUT2D eigenvalue weighted by molar-refractivity contribution is 7.26. The van der Waals surface area contributed by atoms with Crippen LogP contribution in [0.5, 0.6) is 0 Å². The summed E-state index contributed by atoms with van der Waals surface area (Å²) in [5, 5.41) is 13.5. The first kappa shape index (κ1) is 33.2. The van der Waals surface area contributed by atoms with Gasteiger partial charge in [0, 0.05) is 74.2 Å². The molecule has 9 aromatic carbocycles. The lowest BCUT2D eigenvalue weighted by Gasteiger charge is -2.22. The van der Waals surface area contributed by atoms with E-state index in [0.717, 1.165) is 44.0 Å². The molecule has 0 radical (unpaired) electrons. The van der Waals surface area contributed by atoms with E-state index < -0.39 is 0 Å². The van der Waals surface area contributed by atoms with Gasteiger partial charge in [-0.05, 0) is 70.1 Å². The number of benzene rings is 9. The molecular formula is C57H34N4S.